The third-order valence-corrected chi connectivity index (χ3v) is 7.05. The fourth-order valence-electron chi connectivity index (χ4n) is 4.73. The minimum atomic E-state index is -0.427. The van der Waals surface area contributed by atoms with E-state index in [9.17, 15) is 9.90 Å². The van der Waals surface area contributed by atoms with E-state index in [-0.39, 0.29) is 42.5 Å². The second-order valence-electron chi connectivity index (χ2n) is 13.8. The standard InChI is InChI=1S/C24H23N2.C12H22O2.Ir/c1-15-7-6-8-17-11-14-20-22(25-16(2)26-23(20)21(15)17)18-9-12-19(13-10-18)24(3,4)5;1-8(9(13)11(2,3)4)10(14)12(5,6)7;/h6-9,11-14H,1-5H3;13H,1-7H3;/q-1;;/b;9-8-;. The molecule has 0 bridgehead atoms. The summed E-state index contributed by atoms with van der Waals surface area (Å²) in [6.07, 6.45) is 0. The maximum absolute atomic E-state index is 11.8. The zero-order chi connectivity index (χ0) is 30.2. The summed E-state index contributed by atoms with van der Waals surface area (Å²) in [6.45, 7) is 23.7. The summed E-state index contributed by atoms with van der Waals surface area (Å²) < 4.78 is 0. The van der Waals surface area contributed by atoms with Gasteiger partial charge in [-0.25, -0.2) is 4.98 Å². The van der Waals surface area contributed by atoms with Crippen molar-refractivity contribution in [1.82, 2.24) is 9.97 Å². The van der Waals surface area contributed by atoms with Gasteiger partial charge in [0.2, 0.25) is 0 Å². The molecule has 41 heavy (non-hydrogen) atoms. The molecule has 0 atom stereocenters. The van der Waals surface area contributed by atoms with Crippen molar-refractivity contribution in [2.75, 3.05) is 0 Å². The summed E-state index contributed by atoms with van der Waals surface area (Å²) in [6, 6.07) is 20.5. The molecule has 1 aromatic heterocycles. The molecular weight excluding hydrogens is 685 g/mol. The molecule has 0 spiro atoms. The van der Waals surface area contributed by atoms with Gasteiger partial charge in [0.05, 0.1) is 5.52 Å². The minimum absolute atomic E-state index is 0. The van der Waals surface area contributed by atoms with Crippen LogP contribution in [0.5, 0.6) is 0 Å². The first-order valence-corrected chi connectivity index (χ1v) is 14.0. The van der Waals surface area contributed by atoms with Gasteiger partial charge in [0.25, 0.3) is 0 Å². The molecule has 0 amide bonds. The number of fused-ring (bicyclic) bond motifs is 3. The van der Waals surface area contributed by atoms with Crippen LogP contribution in [0.15, 0.2) is 59.9 Å². The first kappa shape index (κ1) is 34.3. The van der Waals surface area contributed by atoms with Crippen molar-refractivity contribution in [2.45, 2.75) is 88.5 Å². The molecule has 4 rings (SSSR count). The maximum atomic E-state index is 11.8. The number of hydrogen-bond acceptors (Lipinski definition) is 4. The normalized spacial score (nSPS) is 12.8. The monoisotopic (exact) mass is 730 g/mol. The van der Waals surface area contributed by atoms with Crippen molar-refractivity contribution in [3.8, 4) is 11.3 Å². The number of Topliss-reactive ketones (excluding diaryl/α,β-unsaturated/α-hetero) is 1. The van der Waals surface area contributed by atoms with Crippen molar-refractivity contribution in [1.29, 1.82) is 0 Å². The molecule has 221 valence electrons. The SMILES string of the molecule is C/C(C(=O)C(C)(C)C)=C(/O)C(C)(C)C.Cc1nc(-c2[c-]cc(C(C)(C)C)cc2)c2ccc3cccc(C)c3c2n1.[Ir]. The average Bonchev–Trinajstić information content (AvgIpc) is 2.85. The number of rotatable bonds is 2. The van der Waals surface area contributed by atoms with Crippen LogP contribution >= 0.6 is 0 Å². The Morgan fingerprint density at radius 3 is 1.98 bits per heavy atom. The van der Waals surface area contributed by atoms with Crippen LogP contribution in [0.3, 0.4) is 0 Å². The minimum Gasteiger partial charge on any atom is -0.511 e. The van der Waals surface area contributed by atoms with E-state index >= 15 is 0 Å². The number of nitrogens with zero attached hydrogens (tertiary/aromatic N) is 2. The number of aliphatic hydroxyl groups excluding tert-OH is 1. The molecule has 0 aliphatic carbocycles. The number of aliphatic hydroxyl groups is 1. The predicted octanol–water partition coefficient (Wildman–Crippen LogP) is 9.64. The van der Waals surface area contributed by atoms with Crippen LogP contribution < -0.4 is 0 Å². The van der Waals surface area contributed by atoms with Gasteiger partial charge < -0.3 is 5.11 Å². The zero-order valence-electron chi connectivity index (χ0n) is 26.7. The van der Waals surface area contributed by atoms with E-state index < -0.39 is 5.41 Å². The summed E-state index contributed by atoms with van der Waals surface area (Å²) >= 11 is 0. The maximum Gasteiger partial charge on any atom is 0.167 e. The van der Waals surface area contributed by atoms with Crippen molar-refractivity contribution < 1.29 is 30.0 Å². The number of aromatic nitrogens is 2. The molecular formula is C36H45IrN2O2-. The van der Waals surface area contributed by atoms with Gasteiger partial charge in [0, 0.05) is 41.9 Å². The molecule has 0 unspecified atom stereocenters. The predicted molar refractivity (Wildman–Crippen MR) is 169 cm³/mol. The number of carbonyl (C=O) groups is 1. The smallest absolute Gasteiger partial charge is 0.167 e. The van der Waals surface area contributed by atoms with Crippen molar-refractivity contribution in [2.24, 2.45) is 10.8 Å². The van der Waals surface area contributed by atoms with Gasteiger partial charge >= 0.3 is 0 Å². The number of benzene rings is 3. The Hall–Kier alpha value is -2.88. The van der Waals surface area contributed by atoms with E-state index in [0.717, 1.165) is 28.0 Å². The topological polar surface area (TPSA) is 63.1 Å². The second kappa shape index (κ2) is 12.5. The van der Waals surface area contributed by atoms with E-state index in [0.29, 0.717) is 5.57 Å². The molecule has 1 radical (unpaired) electrons. The molecule has 4 nitrogen and oxygen atoms in total. The molecule has 0 fully saturated rings. The van der Waals surface area contributed by atoms with Gasteiger partial charge in [0.15, 0.2) is 5.78 Å². The van der Waals surface area contributed by atoms with E-state index in [1.165, 1.54) is 21.9 Å². The Labute approximate surface area is 260 Å². The van der Waals surface area contributed by atoms with Crippen molar-refractivity contribution >= 4 is 27.5 Å². The number of allylic oxidation sites excluding steroid dienone is 2. The zero-order valence-corrected chi connectivity index (χ0v) is 29.1. The first-order valence-electron chi connectivity index (χ1n) is 14.0. The summed E-state index contributed by atoms with van der Waals surface area (Å²) in [4.78, 5) is 21.4. The largest absolute Gasteiger partial charge is 0.511 e. The third-order valence-electron chi connectivity index (χ3n) is 7.05. The summed E-state index contributed by atoms with van der Waals surface area (Å²) in [5.41, 5.74) is 5.32. The Morgan fingerprint density at radius 1 is 0.829 bits per heavy atom. The van der Waals surface area contributed by atoms with E-state index in [2.05, 4.69) is 82.3 Å². The molecule has 0 saturated carbocycles. The summed E-state index contributed by atoms with van der Waals surface area (Å²) in [7, 11) is 0. The number of carbonyl (C=O) groups excluding carboxylic acids is 1. The van der Waals surface area contributed by atoms with Crippen LogP contribution in [0.4, 0.5) is 0 Å². The van der Waals surface area contributed by atoms with Crippen molar-refractivity contribution in [3.63, 3.8) is 0 Å². The van der Waals surface area contributed by atoms with Crippen LogP contribution in [0.25, 0.3) is 32.9 Å². The molecule has 0 aliphatic rings. The van der Waals surface area contributed by atoms with Crippen LogP contribution in [-0.4, -0.2) is 20.9 Å². The fraction of sp³-hybridized carbons (Fsp3) is 0.417. The molecule has 0 aliphatic heterocycles. The van der Waals surface area contributed by atoms with Gasteiger partial charge in [0.1, 0.15) is 11.6 Å². The van der Waals surface area contributed by atoms with E-state index in [1.54, 1.807) is 6.92 Å². The van der Waals surface area contributed by atoms with Crippen LogP contribution in [0.1, 0.15) is 86.2 Å². The first-order chi connectivity index (χ1) is 18.3. The quantitative estimate of drug-likeness (QED) is 0.0967. The van der Waals surface area contributed by atoms with Crippen LogP contribution in [-0.2, 0) is 30.3 Å². The van der Waals surface area contributed by atoms with Gasteiger partial charge in [-0.1, -0.05) is 92.6 Å². The summed E-state index contributed by atoms with van der Waals surface area (Å²) in [5.74, 6) is 0.985. The molecule has 4 aromatic rings. The second-order valence-corrected chi connectivity index (χ2v) is 13.8. The fourth-order valence-corrected chi connectivity index (χ4v) is 4.73. The van der Waals surface area contributed by atoms with Gasteiger partial charge in [-0.3, -0.25) is 9.78 Å². The van der Waals surface area contributed by atoms with Gasteiger partial charge in [-0.2, -0.15) is 0 Å². The van der Waals surface area contributed by atoms with E-state index in [4.69, 9.17) is 9.97 Å². The van der Waals surface area contributed by atoms with Gasteiger partial charge in [-0.05, 0) is 48.2 Å². The van der Waals surface area contributed by atoms with Crippen LogP contribution in [0, 0.1) is 30.7 Å². The Bertz CT molecular complexity index is 1580. The number of aryl methyl sites for hydroxylation is 2. The molecule has 3 aromatic carbocycles. The molecule has 0 saturated heterocycles. The van der Waals surface area contributed by atoms with E-state index in [1.807, 2.05) is 48.5 Å². The Kier molecular flexibility index (Phi) is 10.5. The molecule has 1 N–H and O–H groups in total. The van der Waals surface area contributed by atoms with Crippen LogP contribution in [0.2, 0.25) is 0 Å². The van der Waals surface area contributed by atoms with Crippen molar-refractivity contribution in [3.05, 3.63) is 82.9 Å². The summed E-state index contributed by atoms with van der Waals surface area (Å²) in [5, 5.41) is 13.4. The average molecular weight is 730 g/mol. The number of hydrogen-bond donors (Lipinski definition) is 1. The van der Waals surface area contributed by atoms with Gasteiger partial charge in [-0.15, -0.1) is 35.4 Å². The Morgan fingerprint density at radius 2 is 1.46 bits per heavy atom. The third kappa shape index (κ3) is 7.90. The molecule has 5 heteroatoms. The number of ketones is 1. The molecule has 1 heterocycles. The Balaban J connectivity index is 0.000000338.